The smallest absolute Gasteiger partial charge is 0.0768 e. The molecule has 0 aliphatic heterocycles. The van der Waals surface area contributed by atoms with Crippen LogP contribution >= 0.6 is 0 Å². The molecular formula is C13H25N3O. The van der Waals surface area contributed by atoms with Gasteiger partial charge < -0.3 is 10.5 Å². The lowest BCUT2D eigenvalue weighted by Gasteiger charge is -2.22. The normalized spacial score (nSPS) is 14.8. The zero-order valence-corrected chi connectivity index (χ0v) is 11.2. The van der Waals surface area contributed by atoms with Crippen molar-refractivity contribution in [2.45, 2.75) is 58.7 Å². The molecule has 0 amide bonds. The second kappa shape index (κ2) is 7.45. The van der Waals surface area contributed by atoms with Gasteiger partial charge in [0.15, 0.2) is 0 Å². The summed E-state index contributed by atoms with van der Waals surface area (Å²) in [5.41, 5.74) is 7.32. The molecule has 0 fully saturated rings. The summed E-state index contributed by atoms with van der Waals surface area (Å²) in [5, 5.41) is 4.31. The van der Waals surface area contributed by atoms with Crippen LogP contribution in [0.5, 0.6) is 0 Å². The number of ether oxygens (including phenoxy) is 1. The molecule has 2 unspecified atom stereocenters. The minimum absolute atomic E-state index is 0.0690. The first-order valence-electron chi connectivity index (χ1n) is 6.62. The predicted octanol–water partition coefficient (Wildman–Crippen LogP) is 2.50. The maximum atomic E-state index is 6.24. The number of nitrogens with zero attached hydrogens (tertiary/aromatic N) is 2. The van der Waals surface area contributed by atoms with E-state index in [0.29, 0.717) is 6.61 Å². The summed E-state index contributed by atoms with van der Waals surface area (Å²) in [6, 6.07) is -0.0690. The van der Waals surface area contributed by atoms with Crippen LogP contribution in [0.2, 0.25) is 0 Å². The molecule has 0 bridgehead atoms. The largest absolute Gasteiger partial charge is 0.377 e. The van der Waals surface area contributed by atoms with Gasteiger partial charge in [0.1, 0.15) is 0 Å². The minimum Gasteiger partial charge on any atom is -0.377 e. The highest BCUT2D eigenvalue weighted by molar-refractivity contribution is 5.11. The van der Waals surface area contributed by atoms with Gasteiger partial charge in [-0.25, -0.2) is 0 Å². The first kappa shape index (κ1) is 14.2. The van der Waals surface area contributed by atoms with Gasteiger partial charge in [-0.1, -0.05) is 20.3 Å². The fraction of sp³-hybridized carbons (Fsp3) is 0.769. The fourth-order valence-corrected chi connectivity index (χ4v) is 1.98. The van der Waals surface area contributed by atoms with Crippen molar-refractivity contribution in [3.63, 3.8) is 0 Å². The molecule has 1 rings (SSSR count). The van der Waals surface area contributed by atoms with Crippen molar-refractivity contribution in [2.24, 2.45) is 5.73 Å². The van der Waals surface area contributed by atoms with Crippen molar-refractivity contribution < 1.29 is 4.74 Å². The van der Waals surface area contributed by atoms with Crippen molar-refractivity contribution in [3.8, 4) is 0 Å². The molecule has 1 heterocycles. The molecule has 2 atom stereocenters. The zero-order valence-electron chi connectivity index (χ0n) is 11.2. The molecule has 0 aliphatic rings. The minimum atomic E-state index is -0.0690. The summed E-state index contributed by atoms with van der Waals surface area (Å²) < 4.78 is 7.65. The Labute approximate surface area is 104 Å². The summed E-state index contributed by atoms with van der Waals surface area (Å²) >= 11 is 0. The topological polar surface area (TPSA) is 53.1 Å². The SMILES string of the molecule is CCCC(OCC)C(N)c1cnn(CCC)c1. The third kappa shape index (κ3) is 4.13. The highest BCUT2D eigenvalue weighted by Gasteiger charge is 2.20. The maximum absolute atomic E-state index is 6.24. The van der Waals surface area contributed by atoms with Gasteiger partial charge in [0, 0.05) is 24.9 Å². The Morgan fingerprint density at radius 2 is 2.12 bits per heavy atom. The first-order valence-corrected chi connectivity index (χ1v) is 6.62. The van der Waals surface area contributed by atoms with Crippen LogP contribution in [0.1, 0.15) is 51.6 Å². The summed E-state index contributed by atoms with van der Waals surface area (Å²) in [5.74, 6) is 0. The average Bonchev–Trinajstić information content (AvgIpc) is 2.77. The van der Waals surface area contributed by atoms with Gasteiger partial charge in [0.25, 0.3) is 0 Å². The van der Waals surface area contributed by atoms with E-state index in [9.17, 15) is 0 Å². The average molecular weight is 239 g/mol. The quantitative estimate of drug-likeness (QED) is 0.758. The molecule has 0 spiro atoms. The third-order valence-electron chi connectivity index (χ3n) is 2.85. The van der Waals surface area contributed by atoms with Crippen molar-refractivity contribution in [1.29, 1.82) is 0 Å². The molecule has 17 heavy (non-hydrogen) atoms. The van der Waals surface area contributed by atoms with Gasteiger partial charge >= 0.3 is 0 Å². The number of aryl methyl sites for hydroxylation is 1. The van der Waals surface area contributed by atoms with E-state index in [4.69, 9.17) is 10.5 Å². The second-order valence-electron chi connectivity index (χ2n) is 4.34. The molecule has 4 nitrogen and oxygen atoms in total. The van der Waals surface area contributed by atoms with Gasteiger partial charge in [-0.15, -0.1) is 0 Å². The third-order valence-corrected chi connectivity index (χ3v) is 2.85. The summed E-state index contributed by atoms with van der Waals surface area (Å²) in [7, 11) is 0. The van der Waals surface area contributed by atoms with Crippen molar-refractivity contribution >= 4 is 0 Å². The van der Waals surface area contributed by atoms with Gasteiger partial charge in [-0.3, -0.25) is 4.68 Å². The highest BCUT2D eigenvalue weighted by Crippen LogP contribution is 2.20. The van der Waals surface area contributed by atoms with Gasteiger partial charge in [-0.05, 0) is 19.8 Å². The highest BCUT2D eigenvalue weighted by atomic mass is 16.5. The van der Waals surface area contributed by atoms with Crippen molar-refractivity contribution in [2.75, 3.05) is 6.61 Å². The summed E-state index contributed by atoms with van der Waals surface area (Å²) in [6.45, 7) is 7.96. The Balaban J connectivity index is 2.66. The van der Waals surface area contributed by atoms with E-state index in [1.165, 1.54) is 0 Å². The number of rotatable bonds is 8. The maximum Gasteiger partial charge on any atom is 0.0768 e. The lowest BCUT2D eigenvalue weighted by Crippen LogP contribution is -2.28. The Bertz CT molecular complexity index is 305. The summed E-state index contributed by atoms with van der Waals surface area (Å²) in [4.78, 5) is 0. The van der Waals surface area contributed by atoms with Gasteiger partial charge in [0.05, 0.1) is 18.3 Å². The molecule has 98 valence electrons. The molecule has 0 aromatic carbocycles. The van der Waals surface area contributed by atoms with Gasteiger partial charge in [-0.2, -0.15) is 5.10 Å². The monoisotopic (exact) mass is 239 g/mol. The van der Waals surface area contributed by atoms with Crippen LogP contribution in [0, 0.1) is 0 Å². The Kier molecular flexibility index (Phi) is 6.22. The predicted molar refractivity (Wildman–Crippen MR) is 69.8 cm³/mol. The molecule has 0 radical (unpaired) electrons. The molecular weight excluding hydrogens is 214 g/mol. The van der Waals surface area contributed by atoms with Crippen LogP contribution in [0.4, 0.5) is 0 Å². The molecule has 2 N–H and O–H groups in total. The van der Waals surface area contributed by atoms with Crippen molar-refractivity contribution in [3.05, 3.63) is 18.0 Å². The van der Waals surface area contributed by atoms with E-state index in [2.05, 4.69) is 18.9 Å². The Morgan fingerprint density at radius 1 is 1.35 bits per heavy atom. The van der Waals surface area contributed by atoms with Crippen LogP contribution in [0.15, 0.2) is 12.4 Å². The van der Waals surface area contributed by atoms with Crippen LogP contribution in [-0.2, 0) is 11.3 Å². The number of aromatic nitrogens is 2. The van der Waals surface area contributed by atoms with Crippen LogP contribution in [0.3, 0.4) is 0 Å². The standard InChI is InChI=1S/C13H25N3O/c1-4-7-12(17-6-3)13(14)11-9-15-16(10-11)8-5-2/h9-10,12-13H,4-8,14H2,1-3H3. The molecule has 0 saturated carbocycles. The zero-order chi connectivity index (χ0) is 12.7. The Morgan fingerprint density at radius 3 is 2.71 bits per heavy atom. The molecule has 0 saturated heterocycles. The van der Waals surface area contributed by atoms with E-state index >= 15 is 0 Å². The van der Waals surface area contributed by atoms with Crippen LogP contribution in [-0.4, -0.2) is 22.5 Å². The van der Waals surface area contributed by atoms with E-state index in [-0.39, 0.29) is 12.1 Å². The first-order chi connectivity index (χ1) is 8.22. The number of hydrogen-bond acceptors (Lipinski definition) is 3. The molecule has 0 aliphatic carbocycles. The van der Waals surface area contributed by atoms with E-state index in [1.54, 1.807) is 0 Å². The van der Waals surface area contributed by atoms with E-state index in [1.807, 2.05) is 24.0 Å². The van der Waals surface area contributed by atoms with Gasteiger partial charge in [0.2, 0.25) is 0 Å². The molecule has 1 aromatic heterocycles. The van der Waals surface area contributed by atoms with Crippen molar-refractivity contribution in [1.82, 2.24) is 9.78 Å². The summed E-state index contributed by atoms with van der Waals surface area (Å²) in [6.07, 6.45) is 7.16. The van der Waals surface area contributed by atoms with Crippen LogP contribution in [0.25, 0.3) is 0 Å². The van der Waals surface area contributed by atoms with E-state index in [0.717, 1.165) is 31.4 Å². The lowest BCUT2D eigenvalue weighted by molar-refractivity contribution is 0.0374. The Hall–Kier alpha value is -0.870. The van der Waals surface area contributed by atoms with Crippen LogP contribution < -0.4 is 5.73 Å². The van der Waals surface area contributed by atoms with E-state index < -0.39 is 0 Å². The number of nitrogens with two attached hydrogens (primary N) is 1. The fourth-order valence-electron chi connectivity index (χ4n) is 1.98. The molecule has 4 heteroatoms. The molecule has 1 aromatic rings. The number of hydrogen-bond donors (Lipinski definition) is 1. The second-order valence-corrected chi connectivity index (χ2v) is 4.34. The lowest BCUT2D eigenvalue weighted by atomic mass is 10.0.